The molecule has 0 saturated carbocycles. The fraction of sp³-hybridized carbons (Fsp3) is 0.818. The molecule has 1 aliphatic heterocycles. The van der Waals surface area contributed by atoms with Crippen LogP contribution in [0.5, 0.6) is 0 Å². The SMILES string of the molecule is CC(C)C1(C(C)C)CC=CSC1. The molecule has 0 spiro atoms. The minimum absolute atomic E-state index is 0.555. The Morgan fingerprint density at radius 2 is 1.75 bits per heavy atom. The van der Waals surface area contributed by atoms with E-state index in [1.54, 1.807) is 0 Å². The summed E-state index contributed by atoms with van der Waals surface area (Å²) < 4.78 is 0. The Morgan fingerprint density at radius 1 is 1.17 bits per heavy atom. The molecule has 0 fully saturated rings. The largest absolute Gasteiger partial charge is 0.134 e. The zero-order valence-corrected chi connectivity index (χ0v) is 9.45. The van der Waals surface area contributed by atoms with Crippen LogP contribution < -0.4 is 0 Å². The van der Waals surface area contributed by atoms with Crippen LogP contribution in [-0.4, -0.2) is 5.75 Å². The molecule has 1 heteroatoms. The van der Waals surface area contributed by atoms with E-state index in [0.29, 0.717) is 5.41 Å². The van der Waals surface area contributed by atoms with E-state index in [-0.39, 0.29) is 0 Å². The van der Waals surface area contributed by atoms with Gasteiger partial charge in [-0.1, -0.05) is 33.8 Å². The predicted octanol–water partition coefficient (Wildman–Crippen LogP) is 3.94. The van der Waals surface area contributed by atoms with Gasteiger partial charge in [-0.15, -0.1) is 11.8 Å². The Hall–Kier alpha value is 0.0900. The molecule has 70 valence electrons. The molecular weight excluding hydrogens is 164 g/mol. The van der Waals surface area contributed by atoms with Gasteiger partial charge in [-0.2, -0.15) is 0 Å². The van der Waals surface area contributed by atoms with E-state index in [1.807, 2.05) is 11.8 Å². The lowest BCUT2D eigenvalue weighted by Gasteiger charge is -2.42. The van der Waals surface area contributed by atoms with Crippen molar-refractivity contribution >= 4 is 11.8 Å². The van der Waals surface area contributed by atoms with Gasteiger partial charge < -0.3 is 0 Å². The first-order valence-electron chi connectivity index (χ1n) is 4.86. The van der Waals surface area contributed by atoms with Crippen molar-refractivity contribution in [1.82, 2.24) is 0 Å². The van der Waals surface area contributed by atoms with Gasteiger partial charge in [-0.25, -0.2) is 0 Å². The Bertz CT molecular complexity index is 160. The zero-order chi connectivity index (χ0) is 9.19. The molecular formula is C11H20S. The third-order valence-corrected chi connectivity index (χ3v) is 4.43. The number of thioether (sulfide) groups is 1. The molecule has 0 unspecified atom stereocenters. The van der Waals surface area contributed by atoms with Crippen molar-refractivity contribution in [2.75, 3.05) is 5.75 Å². The maximum absolute atomic E-state index is 2.36. The van der Waals surface area contributed by atoms with Gasteiger partial charge >= 0.3 is 0 Å². The Kier molecular flexibility index (Phi) is 3.28. The number of allylic oxidation sites excluding steroid dienone is 1. The topological polar surface area (TPSA) is 0 Å². The molecule has 0 aromatic carbocycles. The highest BCUT2D eigenvalue weighted by Gasteiger charge is 2.36. The second kappa shape index (κ2) is 3.87. The Labute approximate surface area is 80.8 Å². The molecule has 0 bridgehead atoms. The summed E-state index contributed by atoms with van der Waals surface area (Å²) in [6.45, 7) is 9.44. The zero-order valence-electron chi connectivity index (χ0n) is 8.63. The highest BCUT2D eigenvalue weighted by Crippen LogP contribution is 2.45. The van der Waals surface area contributed by atoms with Crippen LogP contribution in [0.3, 0.4) is 0 Å². The maximum atomic E-state index is 2.36. The first-order chi connectivity index (χ1) is 5.59. The van der Waals surface area contributed by atoms with Gasteiger partial charge in [0.05, 0.1) is 0 Å². The molecule has 0 atom stereocenters. The van der Waals surface area contributed by atoms with E-state index in [0.717, 1.165) is 11.8 Å². The number of rotatable bonds is 2. The van der Waals surface area contributed by atoms with Crippen LogP contribution in [0.25, 0.3) is 0 Å². The molecule has 12 heavy (non-hydrogen) atoms. The van der Waals surface area contributed by atoms with Crippen LogP contribution in [0.1, 0.15) is 34.1 Å². The summed E-state index contributed by atoms with van der Waals surface area (Å²) in [7, 11) is 0. The average molecular weight is 184 g/mol. The Morgan fingerprint density at radius 3 is 2.00 bits per heavy atom. The Balaban J connectivity index is 2.79. The van der Waals surface area contributed by atoms with Gasteiger partial charge in [0.2, 0.25) is 0 Å². The van der Waals surface area contributed by atoms with E-state index in [4.69, 9.17) is 0 Å². The summed E-state index contributed by atoms with van der Waals surface area (Å²) in [6, 6.07) is 0. The smallest absolute Gasteiger partial charge is 0.00385 e. The molecule has 0 N–H and O–H groups in total. The number of hydrogen-bond donors (Lipinski definition) is 0. The normalized spacial score (nSPS) is 22.2. The fourth-order valence-corrected chi connectivity index (χ4v) is 3.49. The van der Waals surface area contributed by atoms with Gasteiger partial charge in [0.1, 0.15) is 0 Å². The summed E-state index contributed by atoms with van der Waals surface area (Å²) in [5.74, 6) is 2.91. The van der Waals surface area contributed by atoms with Crippen molar-refractivity contribution in [3.8, 4) is 0 Å². The average Bonchev–Trinajstić information content (AvgIpc) is 2.05. The van der Waals surface area contributed by atoms with Crippen molar-refractivity contribution in [3.05, 3.63) is 11.5 Å². The minimum Gasteiger partial charge on any atom is -0.134 e. The van der Waals surface area contributed by atoms with Crippen LogP contribution in [0, 0.1) is 17.3 Å². The minimum atomic E-state index is 0.555. The summed E-state index contributed by atoms with van der Waals surface area (Å²) in [4.78, 5) is 0. The fourth-order valence-electron chi connectivity index (χ4n) is 2.07. The standard InChI is InChI=1S/C11H20S/c1-9(2)11(10(3)4)6-5-7-12-8-11/h5,7,9-10H,6,8H2,1-4H3. The van der Waals surface area contributed by atoms with Crippen LogP contribution in [0.2, 0.25) is 0 Å². The van der Waals surface area contributed by atoms with E-state index in [2.05, 4.69) is 39.2 Å². The quantitative estimate of drug-likeness (QED) is 0.626. The second-order valence-electron chi connectivity index (χ2n) is 4.43. The lowest BCUT2D eigenvalue weighted by Crippen LogP contribution is -2.36. The molecule has 0 nitrogen and oxygen atoms in total. The first kappa shape index (κ1) is 10.2. The highest BCUT2D eigenvalue weighted by atomic mass is 32.2. The van der Waals surface area contributed by atoms with Gasteiger partial charge in [-0.05, 0) is 29.1 Å². The molecule has 0 radical (unpaired) electrons. The second-order valence-corrected chi connectivity index (χ2v) is 5.32. The molecule has 1 heterocycles. The highest BCUT2D eigenvalue weighted by molar-refractivity contribution is 8.02. The molecule has 0 saturated heterocycles. The van der Waals surface area contributed by atoms with Crippen molar-refractivity contribution in [3.63, 3.8) is 0 Å². The van der Waals surface area contributed by atoms with Crippen molar-refractivity contribution in [2.24, 2.45) is 17.3 Å². The van der Waals surface area contributed by atoms with E-state index in [1.165, 1.54) is 12.2 Å². The summed E-state index contributed by atoms with van der Waals surface area (Å²) >= 11 is 1.98. The molecule has 0 amide bonds. The third-order valence-electron chi connectivity index (χ3n) is 3.34. The van der Waals surface area contributed by atoms with Gasteiger partial charge in [0, 0.05) is 5.75 Å². The van der Waals surface area contributed by atoms with Gasteiger partial charge in [0.25, 0.3) is 0 Å². The van der Waals surface area contributed by atoms with Crippen molar-refractivity contribution in [2.45, 2.75) is 34.1 Å². The van der Waals surface area contributed by atoms with Crippen molar-refractivity contribution in [1.29, 1.82) is 0 Å². The van der Waals surface area contributed by atoms with E-state index >= 15 is 0 Å². The van der Waals surface area contributed by atoms with E-state index < -0.39 is 0 Å². The summed E-state index contributed by atoms with van der Waals surface area (Å²) in [6.07, 6.45) is 3.61. The van der Waals surface area contributed by atoms with Crippen LogP contribution in [0.4, 0.5) is 0 Å². The molecule has 0 aliphatic carbocycles. The van der Waals surface area contributed by atoms with E-state index in [9.17, 15) is 0 Å². The van der Waals surface area contributed by atoms with Crippen LogP contribution in [-0.2, 0) is 0 Å². The molecule has 1 aliphatic rings. The summed E-state index contributed by atoms with van der Waals surface area (Å²) in [5, 5.41) is 2.25. The number of hydrogen-bond acceptors (Lipinski definition) is 1. The molecule has 0 aromatic heterocycles. The van der Waals surface area contributed by atoms with Gasteiger partial charge in [0.15, 0.2) is 0 Å². The third kappa shape index (κ3) is 1.71. The van der Waals surface area contributed by atoms with Crippen molar-refractivity contribution < 1.29 is 0 Å². The molecule has 0 aromatic rings. The first-order valence-corrected chi connectivity index (χ1v) is 5.91. The van der Waals surface area contributed by atoms with Gasteiger partial charge in [-0.3, -0.25) is 0 Å². The lowest BCUT2D eigenvalue weighted by atomic mass is 9.68. The monoisotopic (exact) mass is 184 g/mol. The van der Waals surface area contributed by atoms with Crippen LogP contribution in [0.15, 0.2) is 11.5 Å². The maximum Gasteiger partial charge on any atom is 0.00385 e. The lowest BCUT2D eigenvalue weighted by molar-refractivity contribution is 0.147. The van der Waals surface area contributed by atoms with Crippen LogP contribution >= 0.6 is 11.8 Å². The molecule has 1 rings (SSSR count). The summed E-state index contributed by atoms with van der Waals surface area (Å²) in [5.41, 5.74) is 0.555. The predicted molar refractivity (Wildman–Crippen MR) is 58.3 cm³/mol.